The van der Waals surface area contributed by atoms with E-state index < -0.39 is 0 Å². The number of rotatable bonds is 6. The number of thioether (sulfide) groups is 1. The molecular weight excluding hydrogens is 354 g/mol. The van der Waals surface area contributed by atoms with Crippen molar-refractivity contribution in [3.05, 3.63) is 65.2 Å². The molecule has 1 fully saturated rings. The second-order valence-corrected chi connectivity index (χ2v) is 8.48. The molecule has 2 aromatic carbocycles. The van der Waals surface area contributed by atoms with E-state index in [9.17, 15) is 4.79 Å². The molecule has 5 heteroatoms. The second kappa shape index (κ2) is 9.40. The maximum Gasteiger partial charge on any atom is 0.229 e. The Labute approximate surface area is 166 Å². The summed E-state index contributed by atoms with van der Waals surface area (Å²) in [6.45, 7) is 7.10. The molecule has 0 aromatic heterocycles. The summed E-state index contributed by atoms with van der Waals surface area (Å²) >= 11 is 2.02. The number of anilines is 1. The van der Waals surface area contributed by atoms with Crippen LogP contribution < -0.4 is 11.1 Å². The number of nitrogens with one attached hydrogen (secondary N) is 1. The Hall–Kier alpha value is -1.82. The van der Waals surface area contributed by atoms with Gasteiger partial charge >= 0.3 is 0 Å². The largest absolute Gasteiger partial charge is 0.326 e. The zero-order chi connectivity index (χ0) is 19.2. The van der Waals surface area contributed by atoms with E-state index >= 15 is 0 Å². The average Bonchev–Trinajstić information content (AvgIpc) is 2.70. The lowest BCUT2D eigenvalue weighted by Crippen LogP contribution is -2.32. The Morgan fingerprint density at radius 1 is 1.19 bits per heavy atom. The van der Waals surface area contributed by atoms with Gasteiger partial charge in [-0.15, -0.1) is 0 Å². The molecule has 2 atom stereocenters. The molecule has 0 spiro atoms. The quantitative estimate of drug-likeness (QED) is 0.796. The molecule has 4 nitrogen and oxygen atoms in total. The topological polar surface area (TPSA) is 58.4 Å². The first-order valence-electron chi connectivity index (χ1n) is 9.55. The van der Waals surface area contributed by atoms with Crippen molar-refractivity contribution in [1.29, 1.82) is 0 Å². The van der Waals surface area contributed by atoms with Gasteiger partial charge in [0.15, 0.2) is 0 Å². The predicted octanol–water partition coefficient (Wildman–Crippen LogP) is 3.82. The van der Waals surface area contributed by atoms with Crippen LogP contribution in [0.4, 0.5) is 5.69 Å². The fraction of sp³-hybridized carbons (Fsp3) is 0.409. The van der Waals surface area contributed by atoms with E-state index in [0.717, 1.165) is 36.4 Å². The van der Waals surface area contributed by atoms with Crippen molar-refractivity contribution in [1.82, 2.24) is 4.90 Å². The van der Waals surface area contributed by atoms with Crippen LogP contribution in [-0.4, -0.2) is 35.4 Å². The number of aryl methyl sites for hydroxylation is 1. The first-order chi connectivity index (χ1) is 13.0. The van der Waals surface area contributed by atoms with E-state index in [0.29, 0.717) is 0 Å². The fourth-order valence-corrected chi connectivity index (χ4v) is 4.27. The monoisotopic (exact) mass is 383 g/mol. The van der Waals surface area contributed by atoms with Crippen LogP contribution in [0.5, 0.6) is 0 Å². The van der Waals surface area contributed by atoms with E-state index in [2.05, 4.69) is 28.4 Å². The van der Waals surface area contributed by atoms with Gasteiger partial charge < -0.3 is 11.1 Å². The van der Waals surface area contributed by atoms with Crippen LogP contribution in [-0.2, 0) is 11.3 Å². The number of amides is 1. The van der Waals surface area contributed by atoms with Crippen molar-refractivity contribution < 1.29 is 4.79 Å². The smallest absolute Gasteiger partial charge is 0.229 e. The van der Waals surface area contributed by atoms with Crippen LogP contribution in [0.15, 0.2) is 48.5 Å². The minimum Gasteiger partial charge on any atom is -0.326 e. The van der Waals surface area contributed by atoms with Crippen LogP contribution >= 0.6 is 11.8 Å². The molecule has 1 aliphatic rings. The molecule has 3 N–H and O–H groups in total. The van der Waals surface area contributed by atoms with Gasteiger partial charge in [0.1, 0.15) is 0 Å². The van der Waals surface area contributed by atoms with Gasteiger partial charge in [-0.05, 0) is 29.7 Å². The summed E-state index contributed by atoms with van der Waals surface area (Å²) < 4.78 is 0. The third kappa shape index (κ3) is 5.34. The highest BCUT2D eigenvalue weighted by Gasteiger charge is 2.22. The van der Waals surface area contributed by atoms with Gasteiger partial charge in [-0.3, -0.25) is 9.69 Å². The highest BCUT2D eigenvalue weighted by atomic mass is 32.2. The Kier molecular flexibility index (Phi) is 6.94. The SMILES string of the molecule is Cc1ccc(CN2CCSCC2)cc1NC(=O)C(C)C(N)c1ccccc1. The van der Waals surface area contributed by atoms with Crippen LogP contribution in [0.25, 0.3) is 0 Å². The number of hydrogen-bond donors (Lipinski definition) is 2. The molecule has 1 aliphatic heterocycles. The summed E-state index contributed by atoms with van der Waals surface area (Å²) in [4.78, 5) is 15.2. The normalized spacial score (nSPS) is 17.3. The molecule has 3 rings (SSSR count). The van der Waals surface area contributed by atoms with Crippen molar-refractivity contribution in [3.8, 4) is 0 Å². The van der Waals surface area contributed by atoms with E-state index in [1.54, 1.807) is 0 Å². The zero-order valence-corrected chi connectivity index (χ0v) is 17.0. The Bertz CT molecular complexity index is 759. The van der Waals surface area contributed by atoms with Gasteiger partial charge in [0.05, 0.1) is 5.92 Å². The first kappa shape index (κ1) is 19.9. The minimum absolute atomic E-state index is 0.0408. The standard InChI is InChI=1S/C22H29N3OS/c1-16-8-9-18(15-25-10-12-27-13-11-25)14-20(16)24-22(26)17(2)21(23)19-6-4-3-5-7-19/h3-9,14,17,21H,10-13,15,23H2,1-2H3,(H,24,26). The molecule has 0 radical (unpaired) electrons. The van der Waals surface area contributed by atoms with E-state index in [4.69, 9.17) is 5.73 Å². The van der Waals surface area contributed by atoms with Crippen molar-refractivity contribution in [2.24, 2.45) is 11.7 Å². The Morgan fingerprint density at radius 2 is 1.89 bits per heavy atom. The molecule has 27 heavy (non-hydrogen) atoms. The van der Waals surface area contributed by atoms with E-state index in [1.807, 2.05) is 55.9 Å². The van der Waals surface area contributed by atoms with Gasteiger partial charge in [0, 0.05) is 42.9 Å². The summed E-state index contributed by atoms with van der Waals surface area (Å²) in [5.41, 5.74) is 10.5. The summed E-state index contributed by atoms with van der Waals surface area (Å²) in [7, 11) is 0. The maximum absolute atomic E-state index is 12.8. The van der Waals surface area contributed by atoms with E-state index in [1.165, 1.54) is 17.1 Å². The van der Waals surface area contributed by atoms with Crippen LogP contribution in [0.2, 0.25) is 0 Å². The van der Waals surface area contributed by atoms with Crippen molar-refractivity contribution >= 4 is 23.4 Å². The molecule has 1 saturated heterocycles. The number of nitrogens with zero attached hydrogens (tertiary/aromatic N) is 1. The molecule has 144 valence electrons. The van der Waals surface area contributed by atoms with Gasteiger partial charge in [0.2, 0.25) is 5.91 Å². The van der Waals surface area contributed by atoms with Crippen LogP contribution in [0.1, 0.15) is 29.7 Å². The lowest BCUT2D eigenvalue weighted by molar-refractivity contribution is -0.120. The molecular formula is C22H29N3OS. The van der Waals surface area contributed by atoms with Crippen LogP contribution in [0, 0.1) is 12.8 Å². The fourth-order valence-electron chi connectivity index (χ4n) is 3.29. The number of carbonyl (C=O) groups excluding carboxylic acids is 1. The highest BCUT2D eigenvalue weighted by molar-refractivity contribution is 7.99. The van der Waals surface area contributed by atoms with Gasteiger partial charge in [-0.25, -0.2) is 0 Å². The average molecular weight is 384 g/mol. The number of benzene rings is 2. The second-order valence-electron chi connectivity index (χ2n) is 7.25. The number of nitrogens with two attached hydrogens (primary N) is 1. The van der Waals surface area contributed by atoms with E-state index in [-0.39, 0.29) is 17.9 Å². The van der Waals surface area contributed by atoms with Crippen molar-refractivity contribution in [2.75, 3.05) is 29.9 Å². The van der Waals surface area contributed by atoms with Crippen molar-refractivity contribution in [2.45, 2.75) is 26.4 Å². The first-order valence-corrected chi connectivity index (χ1v) is 10.7. The maximum atomic E-state index is 12.8. The molecule has 1 amide bonds. The number of carbonyl (C=O) groups is 1. The summed E-state index contributed by atoms with van der Waals surface area (Å²) in [5, 5.41) is 3.10. The summed E-state index contributed by atoms with van der Waals surface area (Å²) in [5.74, 6) is 2.05. The molecule has 0 bridgehead atoms. The van der Waals surface area contributed by atoms with Crippen LogP contribution in [0.3, 0.4) is 0 Å². The third-order valence-electron chi connectivity index (χ3n) is 5.21. The lowest BCUT2D eigenvalue weighted by atomic mass is 9.94. The predicted molar refractivity (Wildman–Crippen MR) is 115 cm³/mol. The summed E-state index contributed by atoms with van der Waals surface area (Å²) in [6, 6.07) is 15.8. The highest BCUT2D eigenvalue weighted by Crippen LogP contribution is 2.24. The molecule has 1 heterocycles. The van der Waals surface area contributed by atoms with Crippen molar-refractivity contribution in [3.63, 3.8) is 0 Å². The molecule has 2 aromatic rings. The van der Waals surface area contributed by atoms with Gasteiger partial charge in [0.25, 0.3) is 0 Å². The Morgan fingerprint density at radius 3 is 2.59 bits per heavy atom. The molecule has 2 unspecified atom stereocenters. The number of hydrogen-bond acceptors (Lipinski definition) is 4. The zero-order valence-electron chi connectivity index (χ0n) is 16.2. The lowest BCUT2D eigenvalue weighted by Gasteiger charge is -2.26. The molecule has 0 saturated carbocycles. The minimum atomic E-state index is -0.319. The molecule has 0 aliphatic carbocycles. The van der Waals surface area contributed by atoms with Gasteiger partial charge in [-0.2, -0.15) is 11.8 Å². The Balaban J connectivity index is 1.66. The summed E-state index contributed by atoms with van der Waals surface area (Å²) in [6.07, 6.45) is 0. The third-order valence-corrected chi connectivity index (χ3v) is 6.15. The van der Waals surface area contributed by atoms with Gasteiger partial charge in [-0.1, -0.05) is 49.4 Å².